The first-order chi connectivity index (χ1) is 2.91. The fraction of sp³-hybridized carbons (Fsp3) is 1.00. The van der Waals surface area contributed by atoms with Crippen LogP contribution in [-0.4, -0.2) is 4.43 Å². The van der Waals surface area contributed by atoms with Crippen molar-refractivity contribution in [3.63, 3.8) is 0 Å². The molecule has 0 aromatic carbocycles. The Morgan fingerprint density at radius 2 is 2.33 bits per heavy atom. The summed E-state index contributed by atoms with van der Waals surface area (Å²) in [6.45, 7) is 2.20. The Morgan fingerprint density at radius 1 is 1.67 bits per heavy atom. The summed E-state index contributed by atoms with van der Waals surface area (Å²) in [5.41, 5.74) is 0. The van der Waals surface area contributed by atoms with Gasteiger partial charge in [0.2, 0.25) is 0 Å². The summed E-state index contributed by atoms with van der Waals surface area (Å²) >= 11 is -0.0361. The summed E-state index contributed by atoms with van der Waals surface area (Å²) in [6, 6.07) is 0. The van der Waals surface area contributed by atoms with E-state index in [0.717, 1.165) is 0 Å². The van der Waals surface area contributed by atoms with Gasteiger partial charge in [-0.05, 0) is 0 Å². The third kappa shape index (κ3) is 4.69. The van der Waals surface area contributed by atoms with Gasteiger partial charge in [0.15, 0.2) is 0 Å². The summed E-state index contributed by atoms with van der Waals surface area (Å²) in [4.78, 5) is 0. The zero-order chi connectivity index (χ0) is 4.83. The van der Waals surface area contributed by atoms with Crippen molar-refractivity contribution in [2.45, 2.75) is 19.8 Å². The van der Waals surface area contributed by atoms with E-state index in [9.17, 15) is 0 Å². The van der Waals surface area contributed by atoms with Crippen molar-refractivity contribution in [2.75, 3.05) is 4.43 Å². The third-order valence-corrected chi connectivity index (χ3v) is 2.11. The molecule has 40 valence electrons. The molecular formula is C4H12IN. The van der Waals surface area contributed by atoms with Crippen LogP contribution in [0.1, 0.15) is 19.8 Å². The van der Waals surface area contributed by atoms with Crippen molar-refractivity contribution in [3.05, 3.63) is 0 Å². The van der Waals surface area contributed by atoms with Crippen molar-refractivity contribution >= 4 is 21.5 Å². The van der Waals surface area contributed by atoms with E-state index in [1.807, 2.05) is 0 Å². The minimum absolute atomic E-state index is 0.0361. The molecule has 0 unspecified atom stereocenters. The molecule has 0 fully saturated rings. The van der Waals surface area contributed by atoms with Crippen LogP contribution in [0.4, 0.5) is 0 Å². The van der Waals surface area contributed by atoms with Gasteiger partial charge in [-0.2, -0.15) is 0 Å². The second-order valence-electron chi connectivity index (χ2n) is 1.22. The summed E-state index contributed by atoms with van der Waals surface area (Å²) < 4.78 is 6.67. The molecule has 0 aromatic rings. The predicted octanol–water partition coefficient (Wildman–Crippen LogP) is 1.36. The van der Waals surface area contributed by atoms with Crippen LogP contribution in [0.15, 0.2) is 0 Å². The molecule has 0 bridgehead atoms. The molecule has 0 aliphatic heterocycles. The van der Waals surface area contributed by atoms with E-state index in [0.29, 0.717) is 0 Å². The maximum absolute atomic E-state index is 5.34. The van der Waals surface area contributed by atoms with Gasteiger partial charge < -0.3 is 0 Å². The van der Waals surface area contributed by atoms with E-state index in [1.54, 1.807) is 0 Å². The molecule has 0 radical (unpaired) electrons. The van der Waals surface area contributed by atoms with Gasteiger partial charge >= 0.3 is 49.6 Å². The Hall–Kier alpha value is 0.690. The molecule has 0 atom stereocenters. The molecule has 0 saturated carbocycles. The Labute approximate surface area is 49.9 Å². The molecule has 0 aliphatic carbocycles. The first kappa shape index (κ1) is 6.69. The number of hydrogen-bond acceptors (Lipinski definition) is 1. The van der Waals surface area contributed by atoms with E-state index >= 15 is 0 Å². The van der Waals surface area contributed by atoms with E-state index < -0.39 is 0 Å². The van der Waals surface area contributed by atoms with Crippen LogP contribution in [0.25, 0.3) is 0 Å². The number of alkyl halides is 1. The monoisotopic (exact) mass is 201 g/mol. The van der Waals surface area contributed by atoms with Gasteiger partial charge in [-0.15, -0.1) is 0 Å². The Balaban J connectivity index is 2.34. The van der Waals surface area contributed by atoms with Gasteiger partial charge in [0.25, 0.3) is 0 Å². The average Bonchev–Trinajstić information content (AvgIpc) is 1.61. The van der Waals surface area contributed by atoms with E-state index in [1.165, 1.54) is 17.3 Å². The van der Waals surface area contributed by atoms with Gasteiger partial charge in [-0.3, -0.25) is 0 Å². The van der Waals surface area contributed by atoms with Crippen LogP contribution >= 0.6 is 21.5 Å². The first-order valence-electron chi connectivity index (χ1n) is 2.23. The SMILES string of the molecule is CCCC[IH]N. The number of halogens is 1. The van der Waals surface area contributed by atoms with Crippen LogP contribution in [0.5, 0.6) is 0 Å². The second kappa shape index (κ2) is 5.69. The van der Waals surface area contributed by atoms with Crippen molar-refractivity contribution < 1.29 is 0 Å². The Morgan fingerprint density at radius 3 is 2.50 bits per heavy atom. The van der Waals surface area contributed by atoms with Crippen molar-refractivity contribution in [2.24, 2.45) is 3.95 Å². The molecule has 0 saturated heterocycles. The topological polar surface area (TPSA) is 26.0 Å². The van der Waals surface area contributed by atoms with Crippen LogP contribution < -0.4 is 3.95 Å². The fourth-order valence-electron chi connectivity index (χ4n) is 0.228. The van der Waals surface area contributed by atoms with Gasteiger partial charge in [-0.1, -0.05) is 0 Å². The number of unbranched alkanes of at least 4 members (excludes halogenated alkanes) is 1. The van der Waals surface area contributed by atoms with E-state index in [4.69, 9.17) is 3.95 Å². The van der Waals surface area contributed by atoms with E-state index in [2.05, 4.69) is 6.92 Å². The number of hydrogen-bond donors (Lipinski definition) is 1. The van der Waals surface area contributed by atoms with Crippen LogP contribution in [0.2, 0.25) is 0 Å². The zero-order valence-electron chi connectivity index (χ0n) is 4.11. The maximum atomic E-state index is 5.34. The molecule has 6 heavy (non-hydrogen) atoms. The summed E-state index contributed by atoms with van der Waals surface area (Å²) in [7, 11) is 0. The molecule has 1 nitrogen and oxygen atoms in total. The average molecular weight is 201 g/mol. The zero-order valence-corrected chi connectivity index (χ0v) is 6.44. The Bertz CT molecular complexity index is 19.5. The van der Waals surface area contributed by atoms with E-state index in [-0.39, 0.29) is 21.5 Å². The fourth-order valence-corrected chi connectivity index (χ4v) is 1.53. The van der Waals surface area contributed by atoms with Gasteiger partial charge in [0.1, 0.15) is 0 Å². The van der Waals surface area contributed by atoms with Crippen molar-refractivity contribution in [3.8, 4) is 0 Å². The van der Waals surface area contributed by atoms with Crippen molar-refractivity contribution in [1.29, 1.82) is 0 Å². The van der Waals surface area contributed by atoms with Gasteiger partial charge in [-0.25, -0.2) is 0 Å². The molecule has 0 amide bonds. The molecule has 0 aliphatic rings. The molecule has 2 N–H and O–H groups in total. The summed E-state index contributed by atoms with van der Waals surface area (Å²) in [5.74, 6) is 0. The van der Waals surface area contributed by atoms with Gasteiger partial charge in [0, 0.05) is 0 Å². The molecular weight excluding hydrogens is 189 g/mol. The second-order valence-corrected chi connectivity index (χ2v) is 3.34. The molecule has 2 heteroatoms. The predicted molar refractivity (Wildman–Crippen MR) is 39.4 cm³/mol. The van der Waals surface area contributed by atoms with Crippen molar-refractivity contribution in [1.82, 2.24) is 0 Å². The quantitative estimate of drug-likeness (QED) is 0.317. The third-order valence-electron chi connectivity index (χ3n) is 0.616. The minimum atomic E-state index is -0.0361. The molecule has 0 rings (SSSR count). The molecule has 0 spiro atoms. The van der Waals surface area contributed by atoms with Crippen LogP contribution in [0, 0.1) is 0 Å². The van der Waals surface area contributed by atoms with Gasteiger partial charge in [0.05, 0.1) is 0 Å². The number of nitrogens with two attached hydrogens (primary N) is 1. The first-order valence-corrected chi connectivity index (χ1v) is 5.22. The molecule has 0 aromatic heterocycles. The number of rotatable bonds is 3. The standard InChI is InChI=1S/C4H12IN/c1-2-3-4-5-6/h5H,2-4,6H2,1H3. The summed E-state index contributed by atoms with van der Waals surface area (Å²) in [5, 5.41) is 0. The Kier molecular flexibility index (Phi) is 6.34. The summed E-state index contributed by atoms with van der Waals surface area (Å²) in [6.07, 6.45) is 2.65. The normalized spacial score (nSPS) is 9.67. The molecule has 0 heterocycles. The van der Waals surface area contributed by atoms with Crippen LogP contribution in [-0.2, 0) is 0 Å². The van der Waals surface area contributed by atoms with Crippen LogP contribution in [0.3, 0.4) is 0 Å².